The van der Waals surface area contributed by atoms with E-state index in [1.165, 1.54) is 33.2 Å². The Bertz CT molecular complexity index is 656. The number of amides is 1. The summed E-state index contributed by atoms with van der Waals surface area (Å²) in [4.78, 5) is 24.7. The van der Waals surface area contributed by atoms with Crippen LogP contribution in [0.3, 0.4) is 0 Å². The molecule has 0 atom stereocenters. The zero-order chi connectivity index (χ0) is 16.2. The molecule has 23 heavy (non-hydrogen) atoms. The van der Waals surface area contributed by atoms with Crippen molar-refractivity contribution in [1.29, 1.82) is 0 Å². The third-order valence-electron chi connectivity index (χ3n) is 4.35. The van der Waals surface area contributed by atoms with E-state index >= 15 is 0 Å². The number of carbonyl (C=O) groups is 2. The molecule has 1 aliphatic heterocycles. The Labute approximate surface area is 139 Å². The molecule has 4 nitrogen and oxygen atoms in total. The van der Waals surface area contributed by atoms with Crippen molar-refractivity contribution in [2.75, 3.05) is 0 Å². The first-order valence-corrected chi connectivity index (χ1v) is 8.74. The summed E-state index contributed by atoms with van der Waals surface area (Å²) in [6, 6.07) is 8.51. The van der Waals surface area contributed by atoms with Crippen LogP contribution in [-0.2, 0) is 22.4 Å². The molecule has 1 amide bonds. The number of benzene rings is 1. The largest absolute Gasteiger partial charge is 0.477 e. The number of thioether (sulfide) groups is 1. The van der Waals surface area contributed by atoms with Gasteiger partial charge in [0.25, 0.3) is 0 Å². The van der Waals surface area contributed by atoms with Crippen molar-refractivity contribution in [3.8, 4) is 0 Å². The van der Waals surface area contributed by atoms with Gasteiger partial charge in [-0.1, -0.05) is 24.3 Å². The number of rotatable bonds is 5. The highest BCUT2D eigenvalue weighted by molar-refractivity contribution is 8.05. The molecule has 0 aromatic heterocycles. The monoisotopic (exact) mass is 329 g/mol. The molecule has 0 spiro atoms. The minimum Gasteiger partial charge on any atom is -0.477 e. The SMILES string of the molecule is O=C(O)C1=CSC=CN1C(=O)CCCC1Cc2ccccc2C1. The van der Waals surface area contributed by atoms with Gasteiger partial charge in [-0.05, 0) is 48.1 Å². The summed E-state index contributed by atoms with van der Waals surface area (Å²) in [5, 5.41) is 12.4. The Kier molecular flexibility index (Phi) is 4.86. The van der Waals surface area contributed by atoms with Crippen LogP contribution in [0.5, 0.6) is 0 Å². The van der Waals surface area contributed by atoms with Crippen LogP contribution in [0.25, 0.3) is 0 Å². The second-order valence-electron chi connectivity index (χ2n) is 5.93. The smallest absolute Gasteiger partial charge is 0.353 e. The van der Waals surface area contributed by atoms with Gasteiger partial charge in [0, 0.05) is 18.0 Å². The standard InChI is InChI=1S/C18H19NO3S/c20-17(19-8-9-23-12-16(19)18(21)22)7-3-4-13-10-14-5-1-2-6-15(14)11-13/h1-2,5-6,8-9,12-13H,3-4,7,10-11H2,(H,21,22). The predicted octanol–water partition coefficient (Wildman–Crippen LogP) is 3.54. The van der Waals surface area contributed by atoms with Crippen molar-refractivity contribution in [2.24, 2.45) is 5.92 Å². The number of aliphatic carboxylic acids is 1. The highest BCUT2D eigenvalue weighted by atomic mass is 32.2. The van der Waals surface area contributed by atoms with Crippen molar-refractivity contribution >= 4 is 23.6 Å². The van der Waals surface area contributed by atoms with Crippen molar-refractivity contribution in [3.05, 3.63) is 58.1 Å². The molecular weight excluding hydrogens is 310 g/mol. The average Bonchev–Trinajstić information content (AvgIpc) is 2.97. The number of carboxylic acids is 1. The van der Waals surface area contributed by atoms with Crippen molar-refractivity contribution in [1.82, 2.24) is 4.90 Å². The van der Waals surface area contributed by atoms with Crippen LogP contribution in [0.4, 0.5) is 0 Å². The molecule has 2 aliphatic rings. The fourth-order valence-corrected chi connectivity index (χ4v) is 3.84. The van der Waals surface area contributed by atoms with Crippen LogP contribution in [0.1, 0.15) is 30.4 Å². The third-order valence-corrected chi connectivity index (χ3v) is 4.99. The highest BCUT2D eigenvalue weighted by Crippen LogP contribution is 2.30. The van der Waals surface area contributed by atoms with Gasteiger partial charge in [-0.3, -0.25) is 9.69 Å². The molecule has 1 aliphatic carbocycles. The zero-order valence-corrected chi connectivity index (χ0v) is 13.6. The summed E-state index contributed by atoms with van der Waals surface area (Å²) < 4.78 is 0. The van der Waals surface area contributed by atoms with Crippen molar-refractivity contribution in [2.45, 2.75) is 32.1 Å². The number of hydrogen-bond acceptors (Lipinski definition) is 3. The minimum atomic E-state index is -1.07. The zero-order valence-electron chi connectivity index (χ0n) is 12.8. The average molecular weight is 329 g/mol. The molecule has 1 aromatic rings. The summed E-state index contributed by atoms with van der Waals surface area (Å²) in [7, 11) is 0. The van der Waals surface area contributed by atoms with Gasteiger partial charge in [0.05, 0.1) is 0 Å². The summed E-state index contributed by atoms with van der Waals surface area (Å²) in [6.45, 7) is 0. The van der Waals surface area contributed by atoms with Crippen LogP contribution in [0.15, 0.2) is 47.0 Å². The number of nitrogens with zero attached hydrogens (tertiary/aromatic N) is 1. The number of hydrogen-bond donors (Lipinski definition) is 1. The van der Waals surface area contributed by atoms with Crippen LogP contribution in [0.2, 0.25) is 0 Å². The van der Waals surface area contributed by atoms with E-state index in [4.69, 9.17) is 5.11 Å². The Morgan fingerprint density at radius 1 is 1.22 bits per heavy atom. The molecular formula is C18H19NO3S. The summed E-state index contributed by atoms with van der Waals surface area (Å²) in [6.07, 6.45) is 5.89. The minimum absolute atomic E-state index is 0.0378. The van der Waals surface area contributed by atoms with Crippen LogP contribution < -0.4 is 0 Å². The van der Waals surface area contributed by atoms with E-state index in [2.05, 4.69) is 24.3 Å². The second-order valence-corrected chi connectivity index (χ2v) is 6.71. The molecule has 0 saturated heterocycles. The van der Waals surface area contributed by atoms with E-state index in [-0.39, 0.29) is 11.6 Å². The lowest BCUT2D eigenvalue weighted by atomic mass is 9.99. The van der Waals surface area contributed by atoms with Gasteiger partial charge >= 0.3 is 5.97 Å². The number of fused-ring (bicyclic) bond motifs is 1. The fraction of sp³-hybridized carbons (Fsp3) is 0.333. The van der Waals surface area contributed by atoms with Crippen molar-refractivity contribution in [3.63, 3.8) is 0 Å². The lowest BCUT2D eigenvalue weighted by molar-refractivity contribution is -0.138. The van der Waals surface area contributed by atoms with Gasteiger partial charge in [-0.2, -0.15) is 0 Å². The molecule has 3 rings (SSSR count). The van der Waals surface area contributed by atoms with Gasteiger partial charge < -0.3 is 5.11 Å². The van der Waals surface area contributed by atoms with E-state index in [0.29, 0.717) is 12.3 Å². The summed E-state index contributed by atoms with van der Waals surface area (Å²) in [5.74, 6) is -0.616. The molecule has 1 heterocycles. The van der Waals surface area contributed by atoms with E-state index < -0.39 is 5.97 Å². The predicted molar refractivity (Wildman–Crippen MR) is 90.5 cm³/mol. The lowest BCUT2D eigenvalue weighted by Gasteiger charge is -2.21. The molecule has 1 N–H and O–H groups in total. The van der Waals surface area contributed by atoms with Gasteiger partial charge in [0.1, 0.15) is 5.70 Å². The van der Waals surface area contributed by atoms with Crippen LogP contribution in [0, 0.1) is 5.92 Å². The van der Waals surface area contributed by atoms with E-state index in [1.807, 2.05) is 0 Å². The molecule has 0 fully saturated rings. The maximum absolute atomic E-state index is 12.3. The maximum Gasteiger partial charge on any atom is 0.353 e. The van der Waals surface area contributed by atoms with Crippen LogP contribution in [-0.4, -0.2) is 21.9 Å². The quantitative estimate of drug-likeness (QED) is 0.897. The van der Waals surface area contributed by atoms with Gasteiger partial charge in [-0.15, -0.1) is 11.8 Å². The topological polar surface area (TPSA) is 57.6 Å². The molecule has 120 valence electrons. The molecule has 5 heteroatoms. The Morgan fingerprint density at radius 2 is 1.91 bits per heavy atom. The Balaban J connectivity index is 1.49. The van der Waals surface area contributed by atoms with E-state index in [1.54, 1.807) is 11.6 Å². The molecule has 0 saturated carbocycles. The van der Waals surface area contributed by atoms with Gasteiger partial charge in [-0.25, -0.2) is 4.79 Å². The number of carbonyl (C=O) groups excluding carboxylic acids is 1. The normalized spacial score (nSPS) is 17.0. The van der Waals surface area contributed by atoms with E-state index in [9.17, 15) is 9.59 Å². The van der Waals surface area contributed by atoms with Crippen molar-refractivity contribution < 1.29 is 14.7 Å². The molecule has 0 bridgehead atoms. The summed E-state index contributed by atoms with van der Waals surface area (Å²) in [5.41, 5.74) is 2.89. The highest BCUT2D eigenvalue weighted by Gasteiger charge is 2.24. The van der Waals surface area contributed by atoms with Gasteiger partial charge in [0.2, 0.25) is 5.91 Å². The maximum atomic E-state index is 12.3. The second kappa shape index (κ2) is 7.04. The lowest BCUT2D eigenvalue weighted by Crippen LogP contribution is -2.29. The van der Waals surface area contributed by atoms with Crippen LogP contribution >= 0.6 is 11.8 Å². The molecule has 1 aromatic carbocycles. The molecule has 0 unspecified atom stereocenters. The molecule has 0 radical (unpaired) electrons. The Hall–Kier alpha value is -2.01. The number of carboxylic acid groups (broad SMARTS) is 1. The van der Waals surface area contributed by atoms with Gasteiger partial charge in [0.15, 0.2) is 0 Å². The fourth-order valence-electron chi connectivity index (χ4n) is 3.22. The first-order chi connectivity index (χ1) is 11.1. The first kappa shape index (κ1) is 15.9. The Morgan fingerprint density at radius 3 is 2.57 bits per heavy atom. The first-order valence-electron chi connectivity index (χ1n) is 7.79. The van der Waals surface area contributed by atoms with E-state index in [0.717, 1.165) is 25.7 Å². The third kappa shape index (κ3) is 3.67. The summed E-state index contributed by atoms with van der Waals surface area (Å²) >= 11 is 1.27.